The minimum absolute atomic E-state index is 0.0713. The maximum atomic E-state index is 12.9. The lowest BCUT2D eigenvalue weighted by Crippen LogP contribution is -2.20. The average molecular weight is 371 g/mol. The van der Waals surface area contributed by atoms with Gasteiger partial charge in [0.05, 0.1) is 27.1 Å². The van der Waals surface area contributed by atoms with E-state index in [1.807, 2.05) is 6.07 Å². The van der Waals surface area contributed by atoms with Crippen molar-refractivity contribution in [2.75, 3.05) is 16.8 Å². The van der Waals surface area contributed by atoms with Crippen LogP contribution in [-0.2, 0) is 15.6 Å². The molecule has 0 radical (unpaired) electrons. The van der Waals surface area contributed by atoms with Crippen molar-refractivity contribution < 1.29 is 13.4 Å². The van der Waals surface area contributed by atoms with E-state index in [1.165, 1.54) is 6.07 Å². The van der Waals surface area contributed by atoms with Gasteiger partial charge in [-0.2, -0.15) is 0 Å². The van der Waals surface area contributed by atoms with Crippen LogP contribution in [0.5, 0.6) is 0 Å². The predicted molar refractivity (Wildman–Crippen MR) is 84.9 cm³/mol. The number of nitrogen functional groups attached to an aromatic ring is 1. The quantitative estimate of drug-likeness (QED) is 0.812. The molecule has 4 nitrogen and oxygen atoms in total. The molecular formula is C14H12BrFN2O2S. The lowest BCUT2D eigenvalue weighted by molar-refractivity contribution is -0.113. The van der Waals surface area contributed by atoms with Crippen LogP contribution < -0.4 is 11.1 Å². The molecule has 0 aliphatic carbocycles. The Morgan fingerprint density at radius 1 is 1.29 bits per heavy atom. The van der Waals surface area contributed by atoms with Crippen LogP contribution in [0.3, 0.4) is 0 Å². The number of para-hydroxylation sites is 1. The number of hydrogen-bond acceptors (Lipinski definition) is 3. The van der Waals surface area contributed by atoms with Gasteiger partial charge < -0.3 is 11.1 Å². The molecule has 2 aromatic rings. The zero-order valence-electron chi connectivity index (χ0n) is 10.8. The van der Waals surface area contributed by atoms with Crippen LogP contribution in [0.25, 0.3) is 0 Å². The van der Waals surface area contributed by atoms with Crippen LogP contribution >= 0.6 is 15.9 Å². The van der Waals surface area contributed by atoms with E-state index < -0.39 is 22.5 Å². The molecule has 1 unspecified atom stereocenters. The number of hydrogen-bond donors (Lipinski definition) is 2. The maximum absolute atomic E-state index is 12.9. The van der Waals surface area contributed by atoms with Crippen LogP contribution in [-0.4, -0.2) is 15.9 Å². The number of rotatable bonds is 4. The van der Waals surface area contributed by atoms with Crippen molar-refractivity contribution in [3.8, 4) is 0 Å². The van der Waals surface area contributed by atoms with Gasteiger partial charge >= 0.3 is 0 Å². The number of carbonyl (C=O) groups is 1. The molecule has 0 bridgehead atoms. The van der Waals surface area contributed by atoms with Gasteiger partial charge in [-0.3, -0.25) is 9.00 Å². The largest absolute Gasteiger partial charge is 0.398 e. The summed E-state index contributed by atoms with van der Waals surface area (Å²) in [7, 11) is -1.63. The van der Waals surface area contributed by atoms with Gasteiger partial charge in [-0.15, -0.1) is 0 Å². The maximum Gasteiger partial charge on any atom is 0.237 e. The molecule has 0 aromatic heterocycles. The van der Waals surface area contributed by atoms with Crippen molar-refractivity contribution in [3.05, 3.63) is 52.8 Å². The van der Waals surface area contributed by atoms with E-state index in [9.17, 15) is 13.4 Å². The van der Waals surface area contributed by atoms with Gasteiger partial charge in [-0.05, 0) is 46.3 Å². The smallest absolute Gasteiger partial charge is 0.237 e. The third kappa shape index (κ3) is 4.12. The predicted octanol–water partition coefficient (Wildman–Crippen LogP) is 2.92. The topological polar surface area (TPSA) is 72.2 Å². The normalized spacial score (nSPS) is 11.9. The lowest BCUT2D eigenvalue weighted by Gasteiger charge is -2.08. The summed E-state index contributed by atoms with van der Waals surface area (Å²) in [6, 6.07) is 10.7. The van der Waals surface area contributed by atoms with E-state index in [1.54, 1.807) is 18.2 Å². The van der Waals surface area contributed by atoms with Crippen LogP contribution in [0.1, 0.15) is 0 Å². The Bertz CT molecular complexity index is 709. The second kappa shape index (κ2) is 6.82. The van der Waals surface area contributed by atoms with E-state index >= 15 is 0 Å². The zero-order chi connectivity index (χ0) is 15.4. The number of halogens is 2. The highest BCUT2D eigenvalue weighted by molar-refractivity contribution is 9.10. The number of anilines is 2. The Kier molecular flexibility index (Phi) is 5.08. The van der Waals surface area contributed by atoms with Crippen LogP contribution in [0.15, 0.2) is 51.8 Å². The van der Waals surface area contributed by atoms with Gasteiger partial charge in [-0.25, -0.2) is 4.39 Å². The monoisotopic (exact) mass is 370 g/mol. The van der Waals surface area contributed by atoms with Gasteiger partial charge in [0.15, 0.2) is 0 Å². The molecular weight excluding hydrogens is 359 g/mol. The highest BCUT2D eigenvalue weighted by Gasteiger charge is 2.14. The van der Waals surface area contributed by atoms with Crippen LogP contribution in [0.2, 0.25) is 0 Å². The minimum atomic E-state index is -1.63. The Balaban J connectivity index is 2.06. The van der Waals surface area contributed by atoms with Crippen LogP contribution in [0, 0.1) is 5.82 Å². The number of carbonyl (C=O) groups excluding carboxylic acids is 1. The first-order valence-corrected chi connectivity index (χ1v) is 8.06. The molecule has 0 aliphatic rings. The van der Waals surface area contributed by atoms with Gasteiger partial charge in [0.1, 0.15) is 11.6 Å². The van der Waals surface area contributed by atoms with Gasteiger partial charge in [0.2, 0.25) is 5.91 Å². The Morgan fingerprint density at radius 2 is 2.00 bits per heavy atom. The minimum Gasteiger partial charge on any atom is -0.398 e. The Morgan fingerprint density at radius 3 is 2.67 bits per heavy atom. The fourth-order valence-electron chi connectivity index (χ4n) is 1.67. The van der Waals surface area contributed by atoms with E-state index in [-0.39, 0.29) is 16.3 Å². The summed E-state index contributed by atoms with van der Waals surface area (Å²) in [6.07, 6.45) is 0. The molecule has 0 saturated carbocycles. The molecule has 0 spiro atoms. The fourth-order valence-corrected chi connectivity index (χ4v) is 3.06. The standard InChI is InChI=1S/C14H12BrFN2O2S/c15-10-3-1-2-4-12(10)18-14(19)8-21(20)13-6-5-9(16)7-11(13)17/h1-7H,8,17H2,(H,18,19). The third-order valence-corrected chi connectivity index (χ3v) is 4.71. The van der Waals surface area contributed by atoms with Crippen molar-refractivity contribution in [1.82, 2.24) is 0 Å². The van der Waals surface area contributed by atoms with Crippen LogP contribution in [0.4, 0.5) is 15.8 Å². The molecule has 1 amide bonds. The SMILES string of the molecule is Nc1cc(F)ccc1S(=O)CC(=O)Nc1ccccc1Br. The molecule has 21 heavy (non-hydrogen) atoms. The number of amides is 1. The second-order valence-electron chi connectivity index (χ2n) is 4.20. The van der Waals surface area contributed by atoms with E-state index in [4.69, 9.17) is 5.73 Å². The first-order valence-electron chi connectivity index (χ1n) is 5.95. The van der Waals surface area contributed by atoms with Gasteiger partial charge in [-0.1, -0.05) is 12.1 Å². The fraction of sp³-hybridized carbons (Fsp3) is 0.0714. The lowest BCUT2D eigenvalue weighted by atomic mass is 10.3. The first kappa shape index (κ1) is 15.7. The van der Waals surface area contributed by atoms with E-state index in [0.29, 0.717) is 5.69 Å². The molecule has 110 valence electrons. The number of benzene rings is 2. The molecule has 3 N–H and O–H groups in total. The molecule has 2 rings (SSSR count). The summed E-state index contributed by atoms with van der Waals surface area (Å²) < 4.78 is 25.8. The van der Waals surface area contributed by atoms with Crippen molar-refractivity contribution in [2.45, 2.75) is 4.90 Å². The third-order valence-electron chi connectivity index (χ3n) is 2.63. The summed E-state index contributed by atoms with van der Waals surface area (Å²) >= 11 is 3.30. The summed E-state index contributed by atoms with van der Waals surface area (Å²) in [5.41, 5.74) is 6.26. The van der Waals surface area contributed by atoms with Crippen molar-refractivity contribution >= 4 is 44.0 Å². The summed E-state index contributed by atoms with van der Waals surface area (Å²) in [4.78, 5) is 12.1. The van der Waals surface area contributed by atoms with Gasteiger partial charge in [0.25, 0.3) is 0 Å². The van der Waals surface area contributed by atoms with E-state index in [2.05, 4.69) is 21.2 Å². The van der Waals surface area contributed by atoms with Crippen molar-refractivity contribution in [2.24, 2.45) is 0 Å². The Labute approximate surface area is 132 Å². The highest BCUT2D eigenvalue weighted by atomic mass is 79.9. The second-order valence-corrected chi connectivity index (χ2v) is 6.47. The van der Waals surface area contributed by atoms with Crippen molar-refractivity contribution in [1.29, 1.82) is 0 Å². The molecule has 0 saturated heterocycles. The zero-order valence-corrected chi connectivity index (χ0v) is 13.2. The van der Waals surface area contributed by atoms with Gasteiger partial charge in [0, 0.05) is 4.47 Å². The molecule has 0 aliphatic heterocycles. The summed E-state index contributed by atoms with van der Waals surface area (Å²) in [6.45, 7) is 0. The summed E-state index contributed by atoms with van der Waals surface area (Å²) in [5, 5.41) is 2.65. The highest BCUT2D eigenvalue weighted by Crippen LogP contribution is 2.22. The summed E-state index contributed by atoms with van der Waals surface area (Å²) in [5.74, 6) is -1.17. The number of nitrogens with one attached hydrogen (secondary N) is 1. The average Bonchev–Trinajstić information content (AvgIpc) is 2.41. The van der Waals surface area contributed by atoms with E-state index in [0.717, 1.165) is 16.6 Å². The molecule has 0 fully saturated rings. The molecule has 1 atom stereocenters. The molecule has 7 heteroatoms. The van der Waals surface area contributed by atoms with Crippen molar-refractivity contribution in [3.63, 3.8) is 0 Å². The number of nitrogens with two attached hydrogens (primary N) is 1. The first-order chi connectivity index (χ1) is 9.97. The molecule has 2 aromatic carbocycles. The molecule has 0 heterocycles. The Hall–Kier alpha value is -1.73.